The summed E-state index contributed by atoms with van der Waals surface area (Å²) in [6.45, 7) is 7.64. The average Bonchev–Trinajstić information content (AvgIpc) is 2.43. The molecule has 1 aliphatic heterocycles. The molecule has 2 N–H and O–H groups in total. The Morgan fingerprint density at radius 3 is 2.63 bits per heavy atom. The van der Waals surface area contributed by atoms with Gasteiger partial charge in [-0.05, 0) is 32.1 Å². The van der Waals surface area contributed by atoms with E-state index in [1.807, 2.05) is 6.92 Å². The quantitative estimate of drug-likeness (QED) is 0.698. The lowest BCUT2D eigenvalue weighted by Gasteiger charge is -2.40. The van der Waals surface area contributed by atoms with Crippen molar-refractivity contribution < 1.29 is 14.6 Å². The first-order chi connectivity index (χ1) is 9.06. The second kappa shape index (κ2) is 7.65. The van der Waals surface area contributed by atoms with Crippen molar-refractivity contribution in [3.63, 3.8) is 0 Å². The highest BCUT2D eigenvalue weighted by atomic mass is 16.5. The van der Waals surface area contributed by atoms with E-state index in [4.69, 9.17) is 9.84 Å². The summed E-state index contributed by atoms with van der Waals surface area (Å²) in [5, 5.41) is 12.4. The highest BCUT2D eigenvalue weighted by Crippen LogP contribution is 2.31. The van der Waals surface area contributed by atoms with Crippen molar-refractivity contribution in [2.75, 3.05) is 13.2 Å². The summed E-state index contributed by atoms with van der Waals surface area (Å²) in [5.41, 5.74) is 0.497. The standard InChI is InChI=1S/C15H27NO3/c1-4-12(14(17)18)7-9-16-13-8-10-19-15(5-2,6-3)11-13/h7,13,16H,4-6,8-11H2,1-3H3,(H,17,18). The Hall–Kier alpha value is -0.870. The molecule has 0 amide bonds. The van der Waals surface area contributed by atoms with E-state index in [1.54, 1.807) is 6.08 Å². The maximum absolute atomic E-state index is 10.9. The molecule has 0 aliphatic carbocycles. The van der Waals surface area contributed by atoms with Gasteiger partial charge < -0.3 is 15.2 Å². The Balaban J connectivity index is 2.47. The van der Waals surface area contributed by atoms with Gasteiger partial charge in [-0.2, -0.15) is 0 Å². The molecule has 1 rings (SSSR count). The van der Waals surface area contributed by atoms with Gasteiger partial charge in [0.15, 0.2) is 0 Å². The van der Waals surface area contributed by atoms with Crippen molar-refractivity contribution in [1.29, 1.82) is 0 Å². The predicted octanol–water partition coefficient (Wildman–Crippen LogP) is 2.73. The molecule has 1 aliphatic rings. The van der Waals surface area contributed by atoms with Crippen LogP contribution in [0.4, 0.5) is 0 Å². The molecule has 4 heteroatoms. The molecule has 4 nitrogen and oxygen atoms in total. The van der Waals surface area contributed by atoms with Crippen molar-refractivity contribution in [1.82, 2.24) is 5.32 Å². The minimum atomic E-state index is -0.812. The molecule has 1 heterocycles. The summed E-state index contributed by atoms with van der Waals surface area (Å²) in [4.78, 5) is 10.9. The van der Waals surface area contributed by atoms with Crippen LogP contribution in [0.1, 0.15) is 52.9 Å². The molecule has 1 fully saturated rings. The maximum atomic E-state index is 10.9. The minimum absolute atomic E-state index is 0.0139. The zero-order chi connectivity index (χ0) is 14.3. The highest BCUT2D eigenvalue weighted by molar-refractivity contribution is 5.86. The van der Waals surface area contributed by atoms with Gasteiger partial charge in [-0.1, -0.05) is 26.8 Å². The Morgan fingerprint density at radius 2 is 2.11 bits per heavy atom. The van der Waals surface area contributed by atoms with E-state index in [1.165, 1.54) is 0 Å². The van der Waals surface area contributed by atoms with Crippen LogP contribution >= 0.6 is 0 Å². The van der Waals surface area contributed by atoms with Gasteiger partial charge in [0.05, 0.1) is 5.60 Å². The molecule has 0 aromatic heterocycles. The summed E-state index contributed by atoms with van der Waals surface area (Å²) >= 11 is 0. The summed E-state index contributed by atoms with van der Waals surface area (Å²) in [6, 6.07) is 0.428. The zero-order valence-electron chi connectivity index (χ0n) is 12.4. The van der Waals surface area contributed by atoms with Crippen molar-refractivity contribution in [3.05, 3.63) is 11.6 Å². The van der Waals surface area contributed by atoms with Crippen LogP contribution in [0.25, 0.3) is 0 Å². The van der Waals surface area contributed by atoms with Gasteiger partial charge in [0.25, 0.3) is 0 Å². The van der Waals surface area contributed by atoms with E-state index in [9.17, 15) is 4.79 Å². The SMILES string of the molecule is CCC(=CCNC1CCOC(CC)(CC)C1)C(=O)O. The molecule has 1 atom stereocenters. The van der Waals surface area contributed by atoms with Crippen LogP contribution in [0.15, 0.2) is 11.6 Å². The molecule has 1 unspecified atom stereocenters. The van der Waals surface area contributed by atoms with Gasteiger partial charge in [0, 0.05) is 24.8 Å². The van der Waals surface area contributed by atoms with Crippen LogP contribution in [0, 0.1) is 0 Å². The average molecular weight is 269 g/mol. The number of rotatable bonds is 7. The third-order valence-corrected chi connectivity index (χ3v) is 4.19. The van der Waals surface area contributed by atoms with E-state index in [2.05, 4.69) is 19.2 Å². The number of nitrogens with one attached hydrogen (secondary N) is 1. The van der Waals surface area contributed by atoms with Crippen molar-refractivity contribution in [3.8, 4) is 0 Å². The first-order valence-corrected chi connectivity index (χ1v) is 7.36. The van der Waals surface area contributed by atoms with Crippen LogP contribution in [0.5, 0.6) is 0 Å². The number of ether oxygens (including phenoxy) is 1. The molecule has 19 heavy (non-hydrogen) atoms. The van der Waals surface area contributed by atoms with E-state index in [0.29, 0.717) is 24.6 Å². The number of carboxylic acids is 1. The molecule has 0 saturated carbocycles. The van der Waals surface area contributed by atoms with Crippen LogP contribution in [0.3, 0.4) is 0 Å². The van der Waals surface area contributed by atoms with E-state index in [0.717, 1.165) is 32.3 Å². The normalized spacial score (nSPS) is 23.3. The Bertz CT molecular complexity index is 321. The lowest BCUT2D eigenvalue weighted by molar-refractivity contribution is -0.132. The van der Waals surface area contributed by atoms with E-state index < -0.39 is 5.97 Å². The van der Waals surface area contributed by atoms with Gasteiger partial charge in [-0.15, -0.1) is 0 Å². The summed E-state index contributed by atoms with van der Waals surface area (Å²) in [6.07, 6.45) is 6.45. The molecule has 0 bridgehead atoms. The molecule has 110 valence electrons. The fourth-order valence-electron chi connectivity index (χ4n) is 2.68. The fraction of sp³-hybridized carbons (Fsp3) is 0.800. The number of aliphatic carboxylic acids is 1. The van der Waals surface area contributed by atoms with Gasteiger partial charge in [-0.25, -0.2) is 4.79 Å². The number of hydrogen-bond acceptors (Lipinski definition) is 3. The molecule has 0 radical (unpaired) electrons. The van der Waals surface area contributed by atoms with Gasteiger partial charge in [0.1, 0.15) is 0 Å². The predicted molar refractivity (Wildman–Crippen MR) is 76.3 cm³/mol. The van der Waals surface area contributed by atoms with E-state index in [-0.39, 0.29) is 5.60 Å². The number of carbonyl (C=O) groups is 1. The van der Waals surface area contributed by atoms with Gasteiger partial charge in [0.2, 0.25) is 0 Å². The molecule has 0 aromatic carbocycles. The Morgan fingerprint density at radius 1 is 1.42 bits per heavy atom. The first kappa shape index (κ1) is 16.2. The Labute approximate surface area is 116 Å². The van der Waals surface area contributed by atoms with Gasteiger partial charge in [-0.3, -0.25) is 0 Å². The molecule has 0 aromatic rings. The fourth-order valence-corrected chi connectivity index (χ4v) is 2.68. The lowest BCUT2D eigenvalue weighted by Crippen LogP contribution is -2.46. The summed E-state index contributed by atoms with van der Waals surface area (Å²) < 4.78 is 5.93. The second-order valence-corrected chi connectivity index (χ2v) is 5.22. The molecule has 1 saturated heterocycles. The van der Waals surface area contributed by atoms with Crippen LogP contribution in [-0.4, -0.2) is 35.9 Å². The van der Waals surface area contributed by atoms with E-state index >= 15 is 0 Å². The monoisotopic (exact) mass is 269 g/mol. The molecule has 0 spiro atoms. The smallest absolute Gasteiger partial charge is 0.331 e. The zero-order valence-corrected chi connectivity index (χ0v) is 12.4. The van der Waals surface area contributed by atoms with Crippen molar-refractivity contribution >= 4 is 5.97 Å². The topological polar surface area (TPSA) is 58.6 Å². The third-order valence-electron chi connectivity index (χ3n) is 4.19. The van der Waals surface area contributed by atoms with Crippen LogP contribution < -0.4 is 5.32 Å². The highest BCUT2D eigenvalue weighted by Gasteiger charge is 2.33. The lowest BCUT2D eigenvalue weighted by atomic mass is 9.86. The largest absolute Gasteiger partial charge is 0.478 e. The van der Waals surface area contributed by atoms with Crippen LogP contribution in [-0.2, 0) is 9.53 Å². The molecular weight excluding hydrogens is 242 g/mol. The second-order valence-electron chi connectivity index (χ2n) is 5.22. The minimum Gasteiger partial charge on any atom is -0.478 e. The maximum Gasteiger partial charge on any atom is 0.331 e. The third kappa shape index (κ3) is 4.62. The van der Waals surface area contributed by atoms with Gasteiger partial charge >= 0.3 is 5.97 Å². The van der Waals surface area contributed by atoms with Crippen molar-refractivity contribution in [2.24, 2.45) is 0 Å². The first-order valence-electron chi connectivity index (χ1n) is 7.36. The summed E-state index contributed by atoms with van der Waals surface area (Å²) in [7, 11) is 0. The van der Waals surface area contributed by atoms with Crippen molar-refractivity contribution in [2.45, 2.75) is 64.5 Å². The number of carboxylic acid groups (broad SMARTS) is 1. The molecular formula is C15H27NO3. The van der Waals surface area contributed by atoms with Crippen LogP contribution in [0.2, 0.25) is 0 Å². The summed E-state index contributed by atoms with van der Waals surface area (Å²) in [5.74, 6) is -0.812. The Kier molecular flexibility index (Phi) is 6.52. The number of hydrogen-bond donors (Lipinski definition) is 2.